The van der Waals surface area contributed by atoms with Gasteiger partial charge in [0.1, 0.15) is 0 Å². The maximum absolute atomic E-state index is 5.37. The van der Waals surface area contributed by atoms with Crippen molar-refractivity contribution in [3.05, 3.63) is 182 Å². The maximum atomic E-state index is 5.37. The molecule has 0 bridgehead atoms. The lowest BCUT2D eigenvalue weighted by Crippen LogP contribution is -1.97. The van der Waals surface area contributed by atoms with Crippen molar-refractivity contribution in [3.8, 4) is 45.0 Å². The molecule has 0 radical (unpaired) electrons. The Morgan fingerprint density at radius 2 is 0.760 bits per heavy atom. The van der Waals surface area contributed by atoms with Crippen molar-refractivity contribution in [2.24, 2.45) is 0 Å². The molecule has 0 atom stereocenters. The molecule has 0 amide bonds. The van der Waals surface area contributed by atoms with Gasteiger partial charge in [-0.15, -0.1) is 0 Å². The third-order valence-corrected chi connectivity index (χ3v) is 10.0. The van der Waals surface area contributed by atoms with E-state index in [-0.39, 0.29) is 0 Å². The molecule has 2 nitrogen and oxygen atoms in total. The average molecular weight is 635 g/mol. The van der Waals surface area contributed by atoms with Crippen LogP contribution in [0.3, 0.4) is 0 Å². The summed E-state index contributed by atoms with van der Waals surface area (Å²) in [5, 5.41) is 12.2. The second kappa shape index (κ2) is 11.5. The minimum Gasteiger partial charge on any atom is -0.228 e. The number of rotatable bonds is 4. The van der Waals surface area contributed by atoms with E-state index in [0.717, 1.165) is 28.1 Å². The van der Waals surface area contributed by atoms with E-state index in [1.807, 2.05) is 6.07 Å². The zero-order chi connectivity index (χ0) is 33.0. The van der Waals surface area contributed by atoms with E-state index in [4.69, 9.17) is 9.97 Å². The lowest BCUT2D eigenvalue weighted by atomic mass is 9.91. The van der Waals surface area contributed by atoms with E-state index in [2.05, 4.69) is 176 Å². The number of nitrogens with zero attached hydrogens (tertiary/aromatic N) is 2. The largest absolute Gasteiger partial charge is 0.228 e. The van der Waals surface area contributed by atoms with Crippen LogP contribution in [0.25, 0.3) is 98.9 Å². The minimum atomic E-state index is 0.706. The van der Waals surface area contributed by atoms with Gasteiger partial charge in [-0.05, 0) is 83.2 Å². The fourth-order valence-corrected chi connectivity index (χ4v) is 7.56. The third-order valence-electron chi connectivity index (χ3n) is 10.0. The molecule has 10 aromatic rings. The molecule has 1 aromatic heterocycles. The lowest BCUT2D eigenvalue weighted by molar-refractivity contribution is 1.19. The Bertz CT molecular complexity index is 2910. The Hall–Kier alpha value is -6.64. The van der Waals surface area contributed by atoms with Crippen LogP contribution < -0.4 is 0 Å². The zero-order valence-electron chi connectivity index (χ0n) is 27.2. The molecule has 50 heavy (non-hydrogen) atoms. The van der Waals surface area contributed by atoms with Crippen LogP contribution in [0.2, 0.25) is 0 Å². The highest BCUT2D eigenvalue weighted by Crippen LogP contribution is 2.40. The first kappa shape index (κ1) is 28.4. The molecule has 10 rings (SSSR count). The molecule has 0 spiro atoms. The van der Waals surface area contributed by atoms with Gasteiger partial charge < -0.3 is 0 Å². The Morgan fingerprint density at radius 1 is 0.260 bits per heavy atom. The summed E-state index contributed by atoms with van der Waals surface area (Å²) in [5.74, 6) is 0.706. The van der Waals surface area contributed by atoms with E-state index in [9.17, 15) is 0 Å². The number of aromatic nitrogens is 2. The highest BCUT2D eigenvalue weighted by atomic mass is 14.9. The van der Waals surface area contributed by atoms with Gasteiger partial charge in [-0.2, -0.15) is 0 Å². The first-order chi connectivity index (χ1) is 24.8. The first-order valence-electron chi connectivity index (χ1n) is 17.1. The molecule has 0 aliphatic rings. The predicted molar refractivity (Wildman–Crippen MR) is 211 cm³/mol. The Balaban J connectivity index is 1.23. The number of benzene rings is 9. The number of hydrogen-bond donors (Lipinski definition) is 0. The van der Waals surface area contributed by atoms with Crippen LogP contribution in [0, 0.1) is 0 Å². The Labute approximate surface area is 290 Å². The Kier molecular flexibility index (Phi) is 6.53. The molecule has 2 heteroatoms. The summed E-state index contributed by atoms with van der Waals surface area (Å²) in [5.41, 5.74) is 7.33. The molecule has 0 fully saturated rings. The SMILES string of the molecule is c1ccc(-c2ccc(-c3nc(-c4ccc5c(ccc6ccccc65)c4)cc(-c4c5ccccc5cc5c4ccc4ccccc45)n3)cc2)cc1. The van der Waals surface area contributed by atoms with Crippen LogP contribution in [-0.4, -0.2) is 9.97 Å². The fourth-order valence-electron chi connectivity index (χ4n) is 7.56. The first-order valence-corrected chi connectivity index (χ1v) is 17.1. The van der Waals surface area contributed by atoms with Crippen LogP contribution in [0.1, 0.15) is 0 Å². The molecule has 0 N–H and O–H groups in total. The van der Waals surface area contributed by atoms with Gasteiger partial charge in [-0.25, -0.2) is 9.97 Å². The highest BCUT2D eigenvalue weighted by molar-refractivity contribution is 6.20. The molecule has 0 saturated carbocycles. The Morgan fingerprint density at radius 3 is 1.54 bits per heavy atom. The van der Waals surface area contributed by atoms with E-state index in [1.165, 1.54) is 65.0 Å². The van der Waals surface area contributed by atoms with Gasteiger partial charge >= 0.3 is 0 Å². The average Bonchev–Trinajstić information content (AvgIpc) is 3.20. The van der Waals surface area contributed by atoms with Crippen molar-refractivity contribution in [2.75, 3.05) is 0 Å². The zero-order valence-corrected chi connectivity index (χ0v) is 27.2. The van der Waals surface area contributed by atoms with Crippen molar-refractivity contribution in [1.29, 1.82) is 0 Å². The van der Waals surface area contributed by atoms with Crippen LogP contribution in [0.4, 0.5) is 0 Å². The van der Waals surface area contributed by atoms with Crippen molar-refractivity contribution in [1.82, 2.24) is 9.97 Å². The van der Waals surface area contributed by atoms with Crippen molar-refractivity contribution in [3.63, 3.8) is 0 Å². The van der Waals surface area contributed by atoms with Crippen molar-refractivity contribution >= 4 is 53.9 Å². The smallest absolute Gasteiger partial charge is 0.160 e. The van der Waals surface area contributed by atoms with Gasteiger partial charge in [0.25, 0.3) is 0 Å². The normalized spacial score (nSPS) is 11.6. The quantitative estimate of drug-likeness (QED) is 0.142. The summed E-state index contributed by atoms with van der Waals surface area (Å²) in [7, 11) is 0. The van der Waals surface area contributed by atoms with Gasteiger partial charge in [0.05, 0.1) is 11.4 Å². The second-order valence-electron chi connectivity index (χ2n) is 13.0. The van der Waals surface area contributed by atoms with Crippen molar-refractivity contribution < 1.29 is 0 Å². The number of fused-ring (bicyclic) bond motifs is 7. The number of hydrogen-bond acceptors (Lipinski definition) is 2. The monoisotopic (exact) mass is 634 g/mol. The van der Waals surface area contributed by atoms with E-state index >= 15 is 0 Å². The van der Waals surface area contributed by atoms with Crippen LogP contribution in [0.15, 0.2) is 182 Å². The fraction of sp³-hybridized carbons (Fsp3) is 0. The molecule has 9 aromatic carbocycles. The summed E-state index contributed by atoms with van der Waals surface area (Å²) in [6, 6.07) is 65.1. The van der Waals surface area contributed by atoms with Crippen molar-refractivity contribution in [2.45, 2.75) is 0 Å². The summed E-state index contributed by atoms with van der Waals surface area (Å²) >= 11 is 0. The van der Waals surface area contributed by atoms with E-state index < -0.39 is 0 Å². The standard InChI is InChI=1S/C48H30N2/c1-2-10-31(11-3-1)32-18-21-35(22-19-32)48-49-45(38-25-26-41-37(28-38)23-20-33-12-4-7-15-39(33)41)30-46(50-48)47-42-17-9-6-14-36(42)29-44-40-16-8-5-13-34(40)24-27-43(44)47/h1-30H. The summed E-state index contributed by atoms with van der Waals surface area (Å²) in [6.07, 6.45) is 0. The van der Waals surface area contributed by atoms with Gasteiger partial charge in [-0.1, -0.05) is 164 Å². The minimum absolute atomic E-state index is 0.706. The summed E-state index contributed by atoms with van der Waals surface area (Å²) in [4.78, 5) is 10.6. The molecule has 0 saturated heterocycles. The third kappa shape index (κ3) is 4.73. The van der Waals surface area contributed by atoms with Gasteiger partial charge in [0.15, 0.2) is 5.82 Å². The molecular weight excluding hydrogens is 605 g/mol. The van der Waals surface area contributed by atoms with E-state index in [0.29, 0.717) is 5.82 Å². The molecule has 232 valence electrons. The van der Waals surface area contributed by atoms with Gasteiger partial charge in [-0.3, -0.25) is 0 Å². The topological polar surface area (TPSA) is 25.8 Å². The molecule has 0 aliphatic carbocycles. The molecule has 0 unspecified atom stereocenters. The van der Waals surface area contributed by atoms with Crippen LogP contribution in [0.5, 0.6) is 0 Å². The molecule has 0 aliphatic heterocycles. The lowest BCUT2D eigenvalue weighted by Gasteiger charge is -2.16. The maximum Gasteiger partial charge on any atom is 0.160 e. The molecular formula is C48H30N2. The van der Waals surface area contributed by atoms with E-state index in [1.54, 1.807) is 0 Å². The predicted octanol–water partition coefficient (Wildman–Crippen LogP) is 12.9. The second-order valence-corrected chi connectivity index (χ2v) is 13.0. The highest BCUT2D eigenvalue weighted by Gasteiger charge is 2.17. The van der Waals surface area contributed by atoms with Crippen LogP contribution in [-0.2, 0) is 0 Å². The van der Waals surface area contributed by atoms with Gasteiger partial charge in [0, 0.05) is 16.7 Å². The van der Waals surface area contributed by atoms with Gasteiger partial charge in [0.2, 0.25) is 0 Å². The summed E-state index contributed by atoms with van der Waals surface area (Å²) < 4.78 is 0. The molecule has 1 heterocycles. The van der Waals surface area contributed by atoms with Crippen LogP contribution >= 0.6 is 0 Å². The summed E-state index contributed by atoms with van der Waals surface area (Å²) in [6.45, 7) is 0.